The van der Waals surface area contributed by atoms with Crippen LogP contribution in [0, 0.1) is 0 Å². The Balaban J connectivity index is 2.07. The first kappa shape index (κ1) is 10.6. The molecule has 0 fully saturated rings. The Bertz CT molecular complexity index is 211. The zero-order valence-corrected chi connectivity index (χ0v) is 8.76. The van der Waals surface area contributed by atoms with Gasteiger partial charge < -0.3 is 5.32 Å². The van der Waals surface area contributed by atoms with Crippen molar-refractivity contribution in [2.24, 2.45) is 0 Å². The maximum absolute atomic E-state index is 4.16. The van der Waals surface area contributed by atoms with Crippen molar-refractivity contribution in [1.29, 1.82) is 0 Å². The average molecular weight is 195 g/mol. The van der Waals surface area contributed by atoms with Gasteiger partial charge in [0, 0.05) is 6.54 Å². The molecule has 0 unspecified atom stereocenters. The van der Waals surface area contributed by atoms with Crippen molar-refractivity contribution in [2.45, 2.75) is 19.4 Å². The van der Waals surface area contributed by atoms with Gasteiger partial charge in [0.25, 0.3) is 0 Å². The predicted molar refractivity (Wildman–Crippen MR) is 61.2 cm³/mol. The van der Waals surface area contributed by atoms with E-state index in [0.29, 0.717) is 0 Å². The molecule has 0 saturated carbocycles. The lowest BCUT2D eigenvalue weighted by Crippen LogP contribution is -2.14. The SMILES string of the molecule is SCCCCNCc1ccccc1. The lowest BCUT2D eigenvalue weighted by molar-refractivity contribution is 0.644. The first-order valence-corrected chi connectivity index (χ1v) is 5.42. The molecule has 0 atom stereocenters. The van der Waals surface area contributed by atoms with Crippen molar-refractivity contribution >= 4 is 12.6 Å². The van der Waals surface area contributed by atoms with E-state index in [1.54, 1.807) is 0 Å². The average Bonchev–Trinajstić information content (AvgIpc) is 2.19. The third-order valence-corrected chi connectivity index (χ3v) is 2.25. The van der Waals surface area contributed by atoms with Crippen LogP contribution in [0.2, 0.25) is 0 Å². The maximum atomic E-state index is 4.16. The van der Waals surface area contributed by atoms with Gasteiger partial charge in [-0.25, -0.2) is 0 Å². The lowest BCUT2D eigenvalue weighted by Gasteiger charge is -2.03. The molecule has 1 nitrogen and oxygen atoms in total. The molecule has 1 aromatic rings. The van der Waals surface area contributed by atoms with Crippen LogP contribution < -0.4 is 5.32 Å². The van der Waals surface area contributed by atoms with E-state index in [0.717, 1.165) is 18.8 Å². The summed E-state index contributed by atoms with van der Waals surface area (Å²) in [5, 5.41) is 3.40. The second-order valence-corrected chi connectivity index (χ2v) is 3.54. The van der Waals surface area contributed by atoms with Gasteiger partial charge in [-0.3, -0.25) is 0 Å². The summed E-state index contributed by atoms with van der Waals surface area (Å²) in [6, 6.07) is 10.5. The van der Waals surface area contributed by atoms with E-state index in [1.165, 1.54) is 18.4 Å². The first-order valence-electron chi connectivity index (χ1n) is 4.79. The zero-order valence-electron chi connectivity index (χ0n) is 7.87. The minimum Gasteiger partial charge on any atom is -0.313 e. The fraction of sp³-hybridized carbons (Fsp3) is 0.455. The van der Waals surface area contributed by atoms with Crippen molar-refractivity contribution in [1.82, 2.24) is 5.32 Å². The van der Waals surface area contributed by atoms with Gasteiger partial charge in [0.2, 0.25) is 0 Å². The second kappa shape index (κ2) is 6.98. The van der Waals surface area contributed by atoms with Gasteiger partial charge in [0.05, 0.1) is 0 Å². The van der Waals surface area contributed by atoms with Crippen molar-refractivity contribution in [3.8, 4) is 0 Å². The summed E-state index contributed by atoms with van der Waals surface area (Å²) in [5.41, 5.74) is 1.35. The summed E-state index contributed by atoms with van der Waals surface area (Å²) in [6.45, 7) is 2.07. The van der Waals surface area contributed by atoms with Crippen molar-refractivity contribution in [3.63, 3.8) is 0 Å². The molecule has 0 aliphatic heterocycles. The smallest absolute Gasteiger partial charge is 0.0205 e. The van der Waals surface area contributed by atoms with E-state index in [2.05, 4.69) is 42.2 Å². The molecule has 0 aliphatic rings. The van der Waals surface area contributed by atoms with Crippen LogP contribution in [0.5, 0.6) is 0 Å². The Labute approximate surface area is 86.0 Å². The molecule has 72 valence electrons. The van der Waals surface area contributed by atoms with Crippen LogP contribution >= 0.6 is 12.6 Å². The predicted octanol–water partition coefficient (Wildman–Crippen LogP) is 2.49. The lowest BCUT2D eigenvalue weighted by atomic mass is 10.2. The molecule has 0 aliphatic carbocycles. The molecule has 1 N–H and O–H groups in total. The molecule has 0 heterocycles. The van der Waals surface area contributed by atoms with Gasteiger partial charge in [-0.2, -0.15) is 12.6 Å². The summed E-state index contributed by atoms with van der Waals surface area (Å²) >= 11 is 4.16. The minimum atomic E-state index is 0.980. The highest BCUT2D eigenvalue weighted by Crippen LogP contribution is 1.97. The quantitative estimate of drug-likeness (QED) is 0.525. The maximum Gasteiger partial charge on any atom is 0.0205 e. The minimum absolute atomic E-state index is 0.980. The first-order chi connectivity index (χ1) is 6.43. The van der Waals surface area contributed by atoms with Crippen molar-refractivity contribution in [2.75, 3.05) is 12.3 Å². The number of rotatable bonds is 6. The Kier molecular flexibility index (Phi) is 5.70. The Morgan fingerprint density at radius 2 is 1.85 bits per heavy atom. The van der Waals surface area contributed by atoms with Gasteiger partial charge in [0.1, 0.15) is 0 Å². The summed E-state index contributed by atoms with van der Waals surface area (Å²) in [5.74, 6) is 0.993. The van der Waals surface area contributed by atoms with Gasteiger partial charge in [0.15, 0.2) is 0 Å². The highest BCUT2D eigenvalue weighted by molar-refractivity contribution is 7.80. The zero-order chi connectivity index (χ0) is 9.36. The molecule has 0 amide bonds. The summed E-state index contributed by atoms with van der Waals surface area (Å²) < 4.78 is 0. The number of thiol groups is 1. The third-order valence-electron chi connectivity index (χ3n) is 1.93. The standard InChI is InChI=1S/C11H17NS/c13-9-5-4-8-12-10-11-6-2-1-3-7-11/h1-3,6-7,12-13H,4-5,8-10H2. The number of hydrogen-bond acceptors (Lipinski definition) is 2. The Morgan fingerprint density at radius 1 is 1.08 bits per heavy atom. The fourth-order valence-electron chi connectivity index (χ4n) is 1.19. The monoisotopic (exact) mass is 195 g/mol. The van der Waals surface area contributed by atoms with Crippen LogP contribution in [-0.4, -0.2) is 12.3 Å². The van der Waals surface area contributed by atoms with Gasteiger partial charge >= 0.3 is 0 Å². The molecule has 0 bridgehead atoms. The molecule has 0 spiro atoms. The van der Waals surface area contributed by atoms with Crippen LogP contribution in [-0.2, 0) is 6.54 Å². The highest BCUT2D eigenvalue weighted by Gasteiger charge is 1.89. The van der Waals surface area contributed by atoms with Crippen LogP contribution in [0.25, 0.3) is 0 Å². The van der Waals surface area contributed by atoms with Crippen molar-refractivity contribution in [3.05, 3.63) is 35.9 Å². The van der Waals surface area contributed by atoms with Gasteiger partial charge in [-0.1, -0.05) is 30.3 Å². The van der Waals surface area contributed by atoms with Crippen molar-refractivity contribution < 1.29 is 0 Å². The van der Waals surface area contributed by atoms with Gasteiger partial charge in [-0.15, -0.1) is 0 Å². The molecule has 2 heteroatoms. The third kappa shape index (κ3) is 4.96. The van der Waals surface area contributed by atoms with E-state index in [9.17, 15) is 0 Å². The van der Waals surface area contributed by atoms with Crippen LogP contribution in [0.3, 0.4) is 0 Å². The fourth-order valence-corrected chi connectivity index (χ4v) is 1.41. The van der Waals surface area contributed by atoms with E-state index >= 15 is 0 Å². The summed E-state index contributed by atoms with van der Waals surface area (Å²) in [4.78, 5) is 0. The molecular formula is C11H17NS. The Morgan fingerprint density at radius 3 is 2.54 bits per heavy atom. The van der Waals surface area contributed by atoms with Crippen LogP contribution in [0.1, 0.15) is 18.4 Å². The molecule has 0 aromatic heterocycles. The Hall–Kier alpha value is -0.470. The molecular weight excluding hydrogens is 178 g/mol. The van der Waals surface area contributed by atoms with Crippen LogP contribution in [0.4, 0.5) is 0 Å². The van der Waals surface area contributed by atoms with E-state index in [-0.39, 0.29) is 0 Å². The number of benzene rings is 1. The molecule has 0 saturated heterocycles. The van der Waals surface area contributed by atoms with Crippen LogP contribution in [0.15, 0.2) is 30.3 Å². The second-order valence-electron chi connectivity index (χ2n) is 3.09. The largest absolute Gasteiger partial charge is 0.313 e. The van der Waals surface area contributed by atoms with E-state index in [1.807, 2.05) is 6.07 Å². The number of hydrogen-bond donors (Lipinski definition) is 2. The topological polar surface area (TPSA) is 12.0 Å². The molecule has 1 rings (SSSR count). The number of nitrogens with one attached hydrogen (secondary N) is 1. The summed E-state index contributed by atoms with van der Waals surface area (Å²) in [7, 11) is 0. The molecule has 0 radical (unpaired) electrons. The summed E-state index contributed by atoms with van der Waals surface area (Å²) in [6.07, 6.45) is 2.42. The highest BCUT2D eigenvalue weighted by atomic mass is 32.1. The molecule has 13 heavy (non-hydrogen) atoms. The number of unbranched alkanes of at least 4 members (excludes halogenated alkanes) is 1. The van der Waals surface area contributed by atoms with E-state index < -0.39 is 0 Å². The van der Waals surface area contributed by atoms with E-state index in [4.69, 9.17) is 0 Å². The normalized spacial score (nSPS) is 10.2. The molecule has 1 aromatic carbocycles. The van der Waals surface area contributed by atoms with Gasteiger partial charge in [-0.05, 0) is 30.7 Å².